The molecule has 1 N–H and O–H groups in total. The minimum Gasteiger partial charge on any atom is -0.452 e. The van der Waals surface area contributed by atoms with Crippen LogP contribution in [0.1, 0.15) is 38.2 Å². The van der Waals surface area contributed by atoms with E-state index in [-0.39, 0.29) is 5.91 Å². The first-order chi connectivity index (χ1) is 15.5. The van der Waals surface area contributed by atoms with Gasteiger partial charge in [-0.1, -0.05) is 54.8 Å². The maximum atomic E-state index is 13.4. The number of nitrogens with zero attached hydrogens (tertiary/aromatic N) is 1. The summed E-state index contributed by atoms with van der Waals surface area (Å²) in [5, 5.41) is 3.09. The van der Waals surface area contributed by atoms with Crippen LogP contribution in [0.15, 0.2) is 48.5 Å². The monoisotopic (exact) mass is 454 g/mol. The highest BCUT2D eigenvalue weighted by atomic mass is 35.5. The number of esters is 1. The number of benzene rings is 2. The van der Waals surface area contributed by atoms with Gasteiger partial charge in [0.2, 0.25) is 5.91 Å². The normalized spacial score (nSPS) is 20.9. The van der Waals surface area contributed by atoms with E-state index in [2.05, 4.69) is 5.32 Å². The number of hydrogen-bond donors (Lipinski definition) is 1. The molecule has 3 atom stereocenters. The highest BCUT2D eigenvalue weighted by Gasteiger charge is 2.41. The predicted molar refractivity (Wildman–Crippen MR) is 124 cm³/mol. The van der Waals surface area contributed by atoms with Crippen LogP contribution in [-0.4, -0.2) is 30.4 Å². The molecular formula is C25H27ClN2O4. The maximum Gasteiger partial charge on any atom is 0.310 e. The fraction of sp³-hybridized carbons (Fsp3) is 0.400. The Kier molecular flexibility index (Phi) is 6.80. The molecule has 0 radical (unpaired) electrons. The number of carbonyl (C=O) groups is 3. The van der Waals surface area contributed by atoms with E-state index in [1.54, 1.807) is 29.2 Å². The molecule has 168 valence electrons. The van der Waals surface area contributed by atoms with Crippen LogP contribution in [-0.2, 0) is 25.5 Å². The summed E-state index contributed by atoms with van der Waals surface area (Å²) in [6.45, 7) is 2.16. The molecule has 0 aromatic heterocycles. The molecule has 1 fully saturated rings. The smallest absolute Gasteiger partial charge is 0.310 e. The van der Waals surface area contributed by atoms with E-state index >= 15 is 0 Å². The number of anilines is 2. The summed E-state index contributed by atoms with van der Waals surface area (Å²) < 4.78 is 5.51. The first-order valence-electron chi connectivity index (χ1n) is 11.1. The quantitative estimate of drug-likeness (QED) is 0.669. The second-order valence-corrected chi connectivity index (χ2v) is 8.82. The molecule has 2 aliphatic rings. The van der Waals surface area contributed by atoms with E-state index in [4.69, 9.17) is 16.3 Å². The Morgan fingerprint density at radius 2 is 1.72 bits per heavy atom. The minimum atomic E-state index is -0.996. The van der Waals surface area contributed by atoms with Crippen LogP contribution >= 0.6 is 11.6 Å². The van der Waals surface area contributed by atoms with Crippen molar-refractivity contribution in [3.05, 3.63) is 59.1 Å². The molecule has 2 aromatic carbocycles. The van der Waals surface area contributed by atoms with Crippen LogP contribution in [0.5, 0.6) is 0 Å². The van der Waals surface area contributed by atoms with Gasteiger partial charge in [-0.15, -0.1) is 0 Å². The highest BCUT2D eigenvalue weighted by Crippen LogP contribution is 2.36. The molecule has 32 heavy (non-hydrogen) atoms. The third kappa shape index (κ3) is 4.65. The molecule has 4 rings (SSSR count). The second kappa shape index (κ2) is 9.74. The molecule has 1 aliphatic carbocycles. The van der Waals surface area contributed by atoms with Gasteiger partial charge in [0.15, 0.2) is 6.10 Å². The van der Waals surface area contributed by atoms with E-state index in [1.807, 2.05) is 24.3 Å². The number of fused-ring (bicyclic) bond motifs is 1. The lowest BCUT2D eigenvalue weighted by atomic mass is 9.78. The third-order valence-corrected chi connectivity index (χ3v) is 6.66. The number of hydrogen-bond acceptors (Lipinski definition) is 4. The molecule has 1 heterocycles. The van der Waals surface area contributed by atoms with Crippen LogP contribution in [0, 0.1) is 11.8 Å². The zero-order valence-electron chi connectivity index (χ0n) is 18.1. The van der Waals surface area contributed by atoms with E-state index < -0.39 is 29.8 Å². The number of nitrogens with one attached hydrogen (secondary N) is 1. The SMILES string of the molecule is CC(OC(=O)C1CCCCC1C(=O)N1CCc2ccccc21)C(=O)Nc1ccccc1Cl. The van der Waals surface area contributed by atoms with Crippen LogP contribution in [0.2, 0.25) is 5.02 Å². The van der Waals surface area contributed by atoms with Crippen molar-refractivity contribution in [2.24, 2.45) is 11.8 Å². The molecule has 7 heteroatoms. The van der Waals surface area contributed by atoms with Gasteiger partial charge in [-0.25, -0.2) is 0 Å². The number of halogens is 1. The van der Waals surface area contributed by atoms with E-state index in [1.165, 1.54) is 6.92 Å². The largest absolute Gasteiger partial charge is 0.452 e. The minimum absolute atomic E-state index is 0.0234. The Labute approximate surface area is 192 Å². The van der Waals surface area contributed by atoms with Crippen molar-refractivity contribution in [3.8, 4) is 0 Å². The Bertz CT molecular complexity index is 1020. The Balaban J connectivity index is 1.42. The average molecular weight is 455 g/mol. The van der Waals surface area contributed by atoms with Crippen molar-refractivity contribution in [2.75, 3.05) is 16.8 Å². The van der Waals surface area contributed by atoms with E-state index in [9.17, 15) is 14.4 Å². The fourth-order valence-electron chi connectivity index (χ4n) is 4.59. The second-order valence-electron chi connectivity index (χ2n) is 8.41. The predicted octanol–water partition coefficient (Wildman–Crippen LogP) is 4.61. The maximum absolute atomic E-state index is 13.4. The molecule has 3 unspecified atom stereocenters. The lowest BCUT2D eigenvalue weighted by Crippen LogP contribution is -2.43. The van der Waals surface area contributed by atoms with E-state index in [0.717, 1.165) is 30.5 Å². The summed E-state index contributed by atoms with van der Waals surface area (Å²) >= 11 is 6.09. The standard InChI is InChI=1S/C25H27ClN2O4/c1-16(23(29)27-21-12-6-5-11-20(21)26)32-25(31)19-10-4-3-9-18(19)24(30)28-15-14-17-8-2-7-13-22(17)28/h2,5-8,11-13,16,18-19H,3-4,9-10,14-15H2,1H3,(H,27,29). The van der Waals surface area contributed by atoms with Crippen LogP contribution in [0.3, 0.4) is 0 Å². The lowest BCUT2D eigenvalue weighted by molar-refractivity contribution is -0.161. The van der Waals surface area contributed by atoms with Gasteiger partial charge < -0.3 is 15.0 Å². The van der Waals surface area contributed by atoms with Crippen LogP contribution in [0.4, 0.5) is 11.4 Å². The number of carbonyl (C=O) groups excluding carboxylic acids is 3. The first-order valence-corrected chi connectivity index (χ1v) is 11.5. The third-order valence-electron chi connectivity index (χ3n) is 6.33. The summed E-state index contributed by atoms with van der Waals surface area (Å²) in [4.78, 5) is 40.7. The fourth-order valence-corrected chi connectivity index (χ4v) is 4.77. The summed E-state index contributed by atoms with van der Waals surface area (Å²) in [5.41, 5.74) is 2.55. The van der Waals surface area contributed by atoms with Crippen molar-refractivity contribution >= 4 is 40.8 Å². The van der Waals surface area contributed by atoms with Crippen molar-refractivity contribution in [3.63, 3.8) is 0 Å². The molecule has 2 amide bonds. The van der Waals surface area contributed by atoms with Crippen LogP contribution < -0.4 is 10.2 Å². The molecule has 2 aromatic rings. The molecular weight excluding hydrogens is 428 g/mol. The van der Waals surface area contributed by atoms with Gasteiger partial charge in [0.1, 0.15) is 0 Å². The van der Waals surface area contributed by atoms with Crippen LogP contribution in [0.25, 0.3) is 0 Å². The summed E-state index contributed by atoms with van der Waals surface area (Å²) in [6, 6.07) is 14.8. The Morgan fingerprint density at radius 1 is 1.03 bits per heavy atom. The number of amides is 2. The van der Waals surface area contributed by atoms with Gasteiger partial charge in [0, 0.05) is 12.2 Å². The number of rotatable bonds is 5. The zero-order valence-corrected chi connectivity index (χ0v) is 18.8. The summed E-state index contributed by atoms with van der Waals surface area (Å²) in [6.07, 6.45) is 2.83. The molecule has 0 spiro atoms. The average Bonchev–Trinajstić information content (AvgIpc) is 3.24. The van der Waals surface area contributed by atoms with Crippen molar-refractivity contribution in [1.82, 2.24) is 0 Å². The number of para-hydroxylation sites is 2. The van der Waals surface area contributed by atoms with Crippen molar-refractivity contribution in [1.29, 1.82) is 0 Å². The van der Waals surface area contributed by atoms with Gasteiger partial charge in [0.25, 0.3) is 5.91 Å². The highest BCUT2D eigenvalue weighted by molar-refractivity contribution is 6.33. The zero-order chi connectivity index (χ0) is 22.7. The Morgan fingerprint density at radius 3 is 2.50 bits per heavy atom. The lowest BCUT2D eigenvalue weighted by Gasteiger charge is -2.32. The van der Waals surface area contributed by atoms with Crippen molar-refractivity contribution in [2.45, 2.75) is 45.1 Å². The van der Waals surface area contributed by atoms with E-state index in [0.29, 0.717) is 30.1 Å². The molecule has 1 aliphatic heterocycles. The first kappa shape index (κ1) is 22.3. The van der Waals surface area contributed by atoms with Gasteiger partial charge in [0.05, 0.1) is 22.5 Å². The van der Waals surface area contributed by atoms with Gasteiger partial charge in [-0.2, -0.15) is 0 Å². The Hall–Kier alpha value is -2.86. The molecule has 1 saturated carbocycles. The van der Waals surface area contributed by atoms with Gasteiger partial charge in [-0.3, -0.25) is 14.4 Å². The topological polar surface area (TPSA) is 75.7 Å². The van der Waals surface area contributed by atoms with Crippen molar-refractivity contribution < 1.29 is 19.1 Å². The molecule has 0 saturated heterocycles. The summed E-state index contributed by atoms with van der Waals surface area (Å²) in [7, 11) is 0. The number of ether oxygens (including phenoxy) is 1. The summed E-state index contributed by atoms with van der Waals surface area (Å²) in [5.74, 6) is -1.94. The molecule has 6 nitrogen and oxygen atoms in total. The van der Waals surface area contributed by atoms with Gasteiger partial charge >= 0.3 is 5.97 Å². The molecule has 0 bridgehead atoms. The van der Waals surface area contributed by atoms with Gasteiger partial charge in [-0.05, 0) is 49.9 Å².